The second-order valence-electron chi connectivity index (χ2n) is 7.17. The van der Waals surface area contributed by atoms with Gasteiger partial charge in [-0.1, -0.05) is 6.07 Å². The lowest BCUT2D eigenvalue weighted by Crippen LogP contribution is -2.14. The number of benzene rings is 2. The van der Waals surface area contributed by atoms with E-state index < -0.39 is 29.5 Å². The average molecular weight is 406 g/mol. The number of aromatic amines is 1. The molecule has 1 unspecified atom stereocenters. The number of carbonyl (C=O) groups is 1. The first-order valence-electron chi connectivity index (χ1n) is 8.89. The molecule has 2 aromatic carbocycles. The molecule has 0 aliphatic heterocycles. The third-order valence-corrected chi connectivity index (χ3v) is 4.67. The first kappa shape index (κ1) is 20.7. The Hall–Kier alpha value is -3.00. The third kappa shape index (κ3) is 3.80. The topological polar surface area (TPSA) is 65.6 Å². The van der Waals surface area contributed by atoms with Gasteiger partial charge in [-0.15, -0.1) is 0 Å². The van der Waals surface area contributed by atoms with Gasteiger partial charge in [-0.3, -0.25) is 0 Å². The molecule has 0 aliphatic rings. The Balaban J connectivity index is 2.02. The minimum absolute atomic E-state index is 0.0149. The van der Waals surface area contributed by atoms with E-state index in [-0.39, 0.29) is 16.9 Å². The van der Waals surface area contributed by atoms with Gasteiger partial charge in [-0.05, 0) is 51.7 Å². The summed E-state index contributed by atoms with van der Waals surface area (Å²) >= 11 is 0. The number of ether oxygens (including phenoxy) is 1. The van der Waals surface area contributed by atoms with E-state index in [1.807, 2.05) is 0 Å². The van der Waals surface area contributed by atoms with Crippen molar-refractivity contribution in [3.8, 4) is 5.75 Å². The normalized spacial score (nSPS) is 12.6. The van der Waals surface area contributed by atoms with Crippen molar-refractivity contribution in [1.82, 2.24) is 9.88 Å². The van der Waals surface area contributed by atoms with Crippen LogP contribution in [-0.4, -0.2) is 35.1 Å². The highest BCUT2D eigenvalue weighted by molar-refractivity contribution is 6.07. The number of hydrogen-bond acceptors (Lipinski definition) is 4. The number of nitrogens with zero attached hydrogens (tertiary/aromatic N) is 1. The van der Waals surface area contributed by atoms with E-state index in [4.69, 9.17) is 4.74 Å². The molecule has 0 aliphatic carbocycles. The van der Waals surface area contributed by atoms with Crippen LogP contribution in [0.25, 0.3) is 10.9 Å². The second-order valence-corrected chi connectivity index (χ2v) is 7.17. The number of esters is 1. The van der Waals surface area contributed by atoms with Crippen molar-refractivity contribution in [3.05, 3.63) is 63.8 Å². The van der Waals surface area contributed by atoms with Crippen LogP contribution in [0.3, 0.4) is 0 Å². The molecule has 154 valence electrons. The van der Waals surface area contributed by atoms with Gasteiger partial charge in [0.15, 0.2) is 11.6 Å². The van der Waals surface area contributed by atoms with Crippen molar-refractivity contribution in [2.45, 2.75) is 26.7 Å². The number of carbonyl (C=O) groups excluding carboxylic acids is 1. The molecule has 8 heteroatoms. The van der Waals surface area contributed by atoms with Gasteiger partial charge in [-0.25, -0.2) is 13.6 Å². The lowest BCUT2D eigenvalue weighted by molar-refractivity contribution is -0.0180. The van der Waals surface area contributed by atoms with Gasteiger partial charge in [0, 0.05) is 28.7 Å². The zero-order chi connectivity index (χ0) is 21.5. The number of phenolic OH excluding ortho intramolecular Hbond substituents is 1. The Labute approximate surface area is 165 Å². The Morgan fingerprint density at radius 1 is 1.17 bits per heavy atom. The first-order chi connectivity index (χ1) is 13.6. The SMILES string of the molecule is Cc1ccc(C(F)OC(=O)c2c(C)[nH]c3ccc(O)c(CN(C)C)c23)c(F)c1F. The molecule has 2 N–H and O–H groups in total. The zero-order valence-electron chi connectivity index (χ0n) is 16.4. The standard InChI is InChI=1S/C21H21F3N2O3/c1-10-5-6-12(19(23)18(10)22)20(24)29-21(28)16-11(2)25-14-7-8-15(27)13(17(14)16)9-26(3)4/h5-8,20,25,27H,9H2,1-4H3. The van der Waals surface area contributed by atoms with Gasteiger partial charge >= 0.3 is 5.97 Å². The van der Waals surface area contributed by atoms with Crippen molar-refractivity contribution in [2.24, 2.45) is 0 Å². The quantitative estimate of drug-likeness (QED) is 0.605. The van der Waals surface area contributed by atoms with Gasteiger partial charge in [0.1, 0.15) is 5.75 Å². The number of H-pyrrole nitrogens is 1. The van der Waals surface area contributed by atoms with Crippen LogP contribution in [-0.2, 0) is 11.3 Å². The molecule has 1 atom stereocenters. The summed E-state index contributed by atoms with van der Waals surface area (Å²) in [6.07, 6.45) is -2.49. The van der Waals surface area contributed by atoms with Crippen LogP contribution < -0.4 is 0 Å². The zero-order valence-corrected chi connectivity index (χ0v) is 16.4. The number of rotatable bonds is 5. The molecule has 0 spiro atoms. The number of aromatic hydroxyl groups is 1. The van der Waals surface area contributed by atoms with Gasteiger partial charge < -0.3 is 19.7 Å². The molecular formula is C21H21F3N2O3. The monoisotopic (exact) mass is 406 g/mol. The molecule has 0 bridgehead atoms. The molecule has 1 aromatic heterocycles. The number of hydrogen-bond donors (Lipinski definition) is 2. The number of alkyl halides is 1. The highest BCUT2D eigenvalue weighted by atomic mass is 19.2. The first-order valence-corrected chi connectivity index (χ1v) is 8.89. The number of halogens is 3. The van der Waals surface area contributed by atoms with Crippen molar-refractivity contribution in [2.75, 3.05) is 14.1 Å². The molecule has 29 heavy (non-hydrogen) atoms. The highest BCUT2D eigenvalue weighted by Crippen LogP contribution is 2.34. The van der Waals surface area contributed by atoms with Crippen LogP contribution in [0.15, 0.2) is 24.3 Å². The van der Waals surface area contributed by atoms with Gasteiger partial charge in [-0.2, -0.15) is 4.39 Å². The molecule has 0 amide bonds. The molecule has 0 fully saturated rings. The van der Waals surface area contributed by atoms with E-state index in [1.54, 1.807) is 32.0 Å². The summed E-state index contributed by atoms with van der Waals surface area (Å²) in [5.41, 5.74) is 0.775. The fourth-order valence-corrected chi connectivity index (χ4v) is 3.26. The second kappa shape index (κ2) is 7.79. The smallest absolute Gasteiger partial charge is 0.343 e. The number of fused-ring (bicyclic) bond motifs is 1. The number of aromatic nitrogens is 1. The Morgan fingerprint density at radius 3 is 2.52 bits per heavy atom. The largest absolute Gasteiger partial charge is 0.508 e. The van der Waals surface area contributed by atoms with Gasteiger partial charge in [0.2, 0.25) is 0 Å². The van der Waals surface area contributed by atoms with Gasteiger partial charge in [0.05, 0.1) is 11.1 Å². The van der Waals surface area contributed by atoms with E-state index in [1.165, 1.54) is 19.1 Å². The predicted octanol–water partition coefficient (Wildman–Crippen LogP) is 4.66. The lowest BCUT2D eigenvalue weighted by Gasteiger charge is -2.15. The Bertz CT molecular complexity index is 1090. The van der Waals surface area contributed by atoms with Crippen LogP contribution in [0, 0.1) is 25.5 Å². The van der Waals surface area contributed by atoms with E-state index in [0.717, 1.165) is 6.07 Å². The molecule has 1 heterocycles. The van der Waals surface area contributed by atoms with Crippen molar-refractivity contribution in [1.29, 1.82) is 0 Å². The van der Waals surface area contributed by atoms with Crippen LogP contribution in [0.4, 0.5) is 13.2 Å². The molecule has 0 saturated carbocycles. The summed E-state index contributed by atoms with van der Waals surface area (Å²) in [6, 6.07) is 5.33. The minimum atomic E-state index is -2.49. The maximum atomic E-state index is 14.6. The maximum absolute atomic E-state index is 14.6. The molecule has 0 saturated heterocycles. The summed E-state index contributed by atoms with van der Waals surface area (Å²) in [7, 11) is 3.59. The highest BCUT2D eigenvalue weighted by Gasteiger charge is 2.27. The molecular weight excluding hydrogens is 385 g/mol. The van der Waals surface area contributed by atoms with E-state index in [9.17, 15) is 23.1 Å². The van der Waals surface area contributed by atoms with Crippen molar-refractivity contribution in [3.63, 3.8) is 0 Å². The molecule has 3 aromatic rings. The Kier molecular flexibility index (Phi) is 5.57. The third-order valence-electron chi connectivity index (χ3n) is 4.67. The van der Waals surface area contributed by atoms with Gasteiger partial charge in [0.25, 0.3) is 6.36 Å². The number of phenols is 1. The fourth-order valence-electron chi connectivity index (χ4n) is 3.26. The Morgan fingerprint density at radius 2 is 1.86 bits per heavy atom. The van der Waals surface area contributed by atoms with E-state index in [2.05, 4.69) is 4.98 Å². The van der Waals surface area contributed by atoms with Crippen molar-refractivity contribution < 1.29 is 27.8 Å². The average Bonchev–Trinajstić information content (AvgIpc) is 2.98. The molecule has 5 nitrogen and oxygen atoms in total. The summed E-state index contributed by atoms with van der Waals surface area (Å²) in [5.74, 6) is -3.66. The number of aryl methyl sites for hydroxylation is 2. The molecule has 0 radical (unpaired) electrons. The molecule has 3 rings (SSSR count). The predicted molar refractivity (Wildman–Crippen MR) is 102 cm³/mol. The summed E-state index contributed by atoms with van der Waals surface area (Å²) in [6.45, 7) is 3.26. The van der Waals surface area contributed by atoms with Crippen LogP contribution in [0.2, 0.25) is 0 Å². The van der Waals surface area contributed by atoms with Crippen molar-refractivity contribution >= 4 is 16.9 Å². The summed E-state index contributed by atoms with van der Waals surface area (Å²) in [4.78, 5) is 17.5. The summed E-state index contributed by atoms with van der Waals surface area (Å²) in [5, 5.41) is 10.7. The van der Waals surface area contributed by atoms with Crippen LogP contribution in [0.1, 0.15) is 39.1 Å². The minimum Gasteiger partial charge on any atom is -0.508 e. The number of nitrogens with one attached hydrogen (secondary N) is 1. The fraction of sp³-hybridized carbons (Fsp3) is 0.286. The van der Waals surface area contributed by atoms with Crippen LogP contribution >= 0.6 is 0 Å². The van der Waals surface area contributed by atoms with Crippen LogP contribution in [0.5, 0.6) is 5.75 Å². The van der Waals surface area contributed by atoms with E-state index >= 15 is 0 Å². The maximum Gasteiger partial charge on any atom is 0.343 e. The lowest BCUT2D eigenvalue weighted by atomic mass is 10.0. The van der Waals surface area contributed by atoms with E-state index in [0.29, 0.717) is 28.7 Å². The summed E-state index contributed by atoms with van der Waals surface area (Å²) < 4.78 is 47.2.